The van der Waals surface area contributed by atoms with E-state index < -0.39 is 0 Å². The second kappa shape index (κ2) is 5.14. The Labute approximate surface area is 74.3 Å². The molecular formula is C9H19NO2. The van der Waals surface area contributed by atoms with Crippen LogP contribution in [0.1, 0.15) is 40.0 Å². The van der Waals surface area contributed by atoms with Gasteiger partial charge in [-0.05, 0) is 12.8 Å². The fraction of sp³-hybridized carbons (Fsp3) is 0.889. The molecule has 0 bridgehead atoms. The molecular weight excluding hydrogens is 154 g/mol. The van der Waals surface area contributed by atoms with Crippen LogP contribution in [0.4, 0.5) is 0 Å². The molecule has 0 aliphatic carbocycles. The van der Waals surface area contributed by atoms with Gasteiger partial charge in [0.1, 0.15) is 6.61 Å². The van der Waals surface area contributed by atoms with Gasteiger partial charge in [0.25, 0.3) is 0 Å². The van der Waals surface area contributed by atoms with Crippen molar-refractivity contribution >= 4 is 5.97 Å². The van der Waals surface area contributed by atoms with E-state index in [1.165, 1.54) is 0 Å². The number of esters is 1. The summed E-state index contributed by atoms with van der Waals surface area (Å²) in [5.41, 5.74) is 5.59. The van der Waals surface area contributed by atoms with Gasteiger partial charge in [0.15, 0.2) is 0 Å². The molecule has 0 radical (unpaired) electrons. The molecule has 0 amide bonds. The Balaban J connectivity index is 3.80. The van der Waals surface area contributed by atoms with Crippen LogP contribution in [-0.2, 0) is 9.53 Å². The highest BCUT2D eigenvalue weighted by Crippen LogP contribution is 2.11. The van der Waals surface area contributed by atoms with Gasteiger partial charge in [0, 0.05) is 12.0 Å². The molecule has 0 aromatic carbocycles. The van der Waals surface area contributed by atoms with Crippen molar-refractivity contribution in [3.8, 4) is 0 Å². The summed E-state index contributed by atoms with van der Waals surface area (Å²) < 4.78 is 4.97. The first kappa shape index (κ1) is 11.4. The van der Waals surface area contributed by atoms with Crippen LogP contribution < -0.4 is 5.73 Å². The van der Waals surface area contributed by atoms with E-state index in [0.29, 0.717) is 13.0 Å². The van der Waals surface area contributed by atoms with Gasteiger partial charge in [-0.3, -0.25) is 4.79 Å². The van der Waals surface area contributed by atoms with Gasteiger partial charge in [-0.25, -0.2) is 0 Å². The van der Waals surface area contributed by atoms with Gasteiger partial charge in [-0.1, -0.05) is 20.8 Å². The maximum atomic E-state index is 10.8. The Morgan fingerprint density at radius 1 is 1.33 bits per heavy atom. The molecule has 0 atom stereocenters. The Morgan fingerprint density at radius 2 is 1.83 bits per heavy atom. The molecule has 12 heavy (non-hydrogen) atoms. The molecule has 0 fully saturated rings. The number of hydrogen-bond acceptors (Lipinski definition) is 3. The highest BCUT2D eigenvalue weighted by molar-refractivity contribution is 5.68. The number of nitrogens with two attached hydrogens (primary N) is 1. The molecule has 0 aromatic rings. The third kappa shape index (κ3) is 3.72. The zero-order valence-corrected chi connectivity index (χ0v) is 8.22. The van der Waals surface area contributed by atoms with Crippen molar-refractivity contribution in [3.05, 3.63) is 0 Å². The van der Waals surface area contributed by atoms with Crippen molar-refractivity contribution < 1.29 is 9.53 Å². The average molecular weight is 173 g/mol. The number of hydrogen-bond donors (Lipinski definition) is 1. The van der Waals surface area contributed by atoms with E-state index in [2.05, 4.69) is 0 Å². The molecule has 0 unspecified atom stereocenters. The standard InChI is InChI=1S/C9H19NO2/c1-4-8(11)12-7-9(10,5-2)6-3/h4-7,10H2,1-3H3. The largest absolute Gasteiger partial charge is 0.464 e. The topological polar surface area (TPSA) is 52.3 Å². The summed E-state index contributed by atoms with van der Waals surface area (Å²) in [6.07, 6.45) is 2.09. The molecule has 72 valence electrons. The normalized spacial score (nSPS) is 11.3. The van der Waals surface area contributed by atoms with Crippen LogP contribution >= 0.6 is 0 Å². The predicted molar refractivity (Wildman–Crippen MR) is 48.8 cm³/mol. The molecule has 0 aromatic heterocycles. The Hall–Kier alpha value is -0.570. The Morgan fingerprint density at radius 3 is 2.17 bits per heavy atom. The van der Waals surface area contributed by atoms with Crippen molar-refractivity contribution in [2.24, 2.45) is 5.73 Å². The van der Waals surface area contributed by atoms with Crippen molar-refractivity contribution in [2.45, 2.75) is 45.6 Å². The van der Waals surface area contributed by atoms with Crippen LogP contribution in [0.25, 0.3) is 0 Å². The molecule has 0 heterocycles. The van der Waals surface area contributed by atoms with Crippen LogP contribution in [0.3, 0.4) is 0 Å². The number of carbonyl (C=O) groups is 1. The van der Waals surface area contributed by atoms with Gasteiger partial charge in [-0.15, -0.1) is 0 Å². The van der Waals surface area contributed by atoms with Gasteiger partial charge in [0.05, 0.1) is 0 Å². The Kier molecular flexibility index (Phi) is 4.90. The first-order chi connectivity index (χ1) is 5.58. The van der Waals surface area contributed by atoms with Crippen LogP contribution in [0, 0.1) is 0 Å². The lowest BCUT2D eigenvalue weighted by molar-refractivity contribution is -0.145. The maximum Gasteiger partial charge on any atom is 0.305 e. The maximum absolute atomic E-state index is 10.8. The van der Waals surface area contributed by atoms with E-state index in [1.54, 1.807) is 6.92 Å². The second-order valence-electron chi connectivity index (χ2n) is 3.08. The smallest absolute Gasteiger partial charge is 0.305 e. The van der Waals surface area contributed by atoms with Crippen LogP contribution in [0.2, 0.25) is 0 Å². The third-order valence-electron chi connectivity index (χ3n) is 2.22. The average Bonchev–Trinajstić information content (AvgIpc) is 2.13. The summed E-state index contributed by atoms with van der Waals surface area (Å²) in [6.45, 7) is 6.12. The zero-order valence-electron chi connectivity index (χ0n) is 8.22. The van der Waals surface area contributed by atoms with Crippen molar-refractivity contribution in [1.29, 1.82) is 0 Å². The van der Waals surface area contributed by atoms with E-state index in [4.69, 9.17) is 10.5 Å². The van der Waals surface area contributed by atoms with E-state index in [-0.39, 0.29) is 11.5 Å². The third-order valence-corrected chi connectivity index (χ3v) is 2.22. The van der Waals surface area contributed by atoms with Crippen LogP contribution in [-0.4, -0.2) is 18.1 Å². The fourth-order valence-corrected chi connectivity index (χ4v) is 0.780. The van der Waals surface area contributed by atoms with E-state index in [1.807, 2.05) is 13.8 Å². The van der Waals surface area contributed by atoms with Gasteiger partial charge in [0.2, 0.25) is 0 Å². The minimum atomic E-state index is -0.329. The fourth-order valence-electron chi connectivity index (χ4n) is 0.780. The predicted octanol–water partition coefficient (Wildman–Crippen LogP) is 1.46. The molecule has 0 aliphatic heterocycles. The first-order valence-electron chi connectivity index (χ1n) is 4.52. The molecule has 0 saturated heterocycles. The van der Waals surface area contributed by atoms with E-state index in [9.17, 15) is 4.79 Å². The summed E-state index contributed by atoms with van der Waals surface area (Å²) >= 11 is 0. The number of carbonyl (C=O) groups excluding carboxylic acids is 1. The van der Waals surface area contributed by atoms with Crippen LogP contribution in [0.15, 0.2) is 0 Å². The lowest BCUT2D eigenvalue weighted by Gasteiger charge is -2.25. The SMILES string of the molecule is CCC(=O)OCC(N)(CC)CC. The quantitative estimate of drug-likeness (QED) is 0.640. The highest BCUT2D eigenvalue weighted by atomic mass is 16.5. The van der Waals surface area contributed by atoms with Gasteiger partial charge in [-0.2, -0.15) is 0 Å². The minimum Gasteiger partial charge on any atom is -0.464 e. The van der Waals surface area contributed by atoms with Crippen molar-refractivity contribution in [1.82, 2.24) is 0 Å². The number of ether oxygens (including phenoxy) is 1. The van der Waals surface area contributed by atoms with E-state index >= 15 is 0 Å². The first-order valence-corrected chi connectivity index (χ1v) is 4.52. The highest BCUT2D eigenvalue weighted by Gasteiger charge is 2.21. The Bertz CT molecular complexity index is 141. The molecule has 2 N–H and O–H groups in total. The lowest BCUT2D eigenvalue weighted by atomic mass is 9.96. The minimum absolute atomic E-state index is 0.174. The zero-order chi connectivity index (χ0) is 9.61. The second-order valence-corrected chi connectivity index (χ2v) is 3.08. The summed E-state index contributed by atoms with van der Waals surface area (Å²) in [7, 11) is 0. The van der Waals surface area contributed by atoms with E-state index in [0.717, 1.165) is 12.8 Å². The monoisotopic (exact) mass is 173 g/mol. The molecule has 0 saturated carbocycles. The summed E-state index contributed by atoms with van der Waals surface area (Å²) in [4.78, 5) is 10.8. The molecule has 0 spiro atoms. The summed E-state index contributed by atoms with van der Waals surface area (Å²) in [5, 5.41) is 0. The number of rotatable bonds is 5. The van der Waals surface area contributed by atoms with Crippen molar-refractivity contribution in [3.63, 3.8) is 0 Å². The summed E-state index contributed by atoms with van der Waals surface area (Å²) in [6, 6.07) is 0. The molecule has 3 nitrogen and oxygen atoms in total. The van der Waals surface area contributed by atoms with Crippen LogP contribution in [0.5, 0.6) is 0 Å². The lowest BCUT2D eigenvalue weighted by Crippen LogP contribution is -2.43. The molecule has 0 rings (SSSR count). The summed E-state index contributed by atoms with van der Waals surface area (Å²) in [5.74, 6) is -0.174. The van der Waals surface area contributed by atoms with Gasteiger partial charge >= 0.3 is 5.97 Å². The van der Waals surface area contributed by atoms with Crippen molar-refractivity contribution in [2.75, 3.05) is 6.61 Å². The molecule has 3 heteroatoms. The van der Waals surface area contributed by atoms with Gasteiger partial charge < -0.3 is 10.5 Å². The molecule has 0 aliphatic rings.